The molecule has 0 amide bonds. The second-order valence-electron chi connectivity index (χ2n) is 4.82. The Bertz CT molecular complexity index is 423. The van der Waals surface area contributed by atoms with Gasteiger partial charge in [-0.2, -0.15) is 0 Å². The zero-order chi connectivity index (χ0) is 12.8. The lowest BCUT2D eigenvalue weighted by molar-refractivity contribution is 0.356. The van der Waals surface area contributed by atoms with E-state index in [1.54, 1.807) is 0 Å². The molecule has 18 heavy (non-hydrogen) atoms. The monoisotopic (exact) mass is 245 g/mol. The van der Waals surface area contributed by atoms with Crippen LogP contribution in [0.4, 0.5) is 0 Å². The maximum absolute atomic E-state index is 5.74. The predicted octanol–water partition coefficient (Wildman–Crippen LogP) is 3.41. The number of rotatable bonds is 6. The Morgan fingerprint density at radius 1 is 1.39 bits per heavy atom. The summed E-state index contributed by atoms with van der Waals surface area (Å²) in [5.74, 6) is 1.10. The van der Waals surface area contributed by atoms with E-state index in [4.69, 9.17) is 4.74 Å². The Morgan fingerprint density at radius 2 is 2.28 bits per heavy atom. The summed E-state index contributed by atoms with van der Waals surface area (Å²) in [4.78, 5) is 0. The molecule has 0 unspecified atom stereocenters. The molecular weight excluding hydrogens is 222 g/mol. The lowest BCUT2D eigenvalue weighted by Gasteiger charge is -2.08. The molecule has 2 nitrogen and oxygen atoms in total. The molecule has 1 aliphatic heterocycles. The lowest BCUT2D eigenvalue weighted by Crippen LogP contribution is -2.15. The Balaban J connectivity index is 1.98. The number of hydrogen-bond donors (Lipinski definition) is 1. The normalized spacial score (nSPS) is 14.4. The molecule has 1 heterocycles. The average Bonchev–Trinajstić information content (AvgIpc) is 2.86. The number of allylic oxidation sites excluding steroid dienone is 1. The van der Waals surface area contributed by atoms with E-state index in [1.165, 1.54) is 23.1 Å². The van der Waals surface area contributed by atoms with E-state index in [0.29, 0.717) is 0 Å². The van der Waals surface area contributed by atoms with Crippen molar-refractivity contribution >= 4 is 5.57 Å². The minimum Gasteiger partial charge on any atom is -0.492 e. The molecular formula is C16H23NO. The van der Waals surface area contributed by atoms with Crippen LogP contribution in [-0.4, -0.2) is 19.7 Å². The van der Waals surface area contributed by atoms with Crippen molar-refractivity contribution in [1.82, 2.24) is 5.32 Å². The zero-order valence-corrected chi connectivity index (χ0v) is 11.5. The Hall–Kier alpha value is -1.28. The summed E-state index contributed by atoms with van der Waals surface area (Å²) in [5.41, 5.74) is 3.94. The van der Waals surface area contributed by atoms with Crippen molar-refractivity contribution in [2.75, 3.05) is 19.7 Å². The van der Waals surface area contributed by atoms with Crippen molar-refractivity contribution in [3.63, 3.8) is 0 Å². The highest BCUT2D eigenvalue weighted by atomic mass is 16.5. The maximum atomic E-state index is 5.74. The van der Waals surface area contributed by atoms with E-state index in [9.17, 15) is 0 Å². The van der Waals surface area contributed by atoms with Crippen LogP contribution in [-0.2, 0) is 6.42 Å². The molecule has 98 valence electrons. The van der Waals surface area contributed by atoms with Gasteiger partial charge in [0, 0.05) is 12.0 Å². The number of ether oxygens (including phenoxy) is 1. The lowest BCUT2D eigenvalue weighted by atomic mass is 10.0. The van der Waals surface area contributed by atoms with Crippen molar-refractivity contribution in [3.05, 3.63) is 35.4 Å². The number of hydrogen-bond acceptors (Lipinski definition) is 2. The molecule has 0 bridgehead atoms. The molecule has 0 aromatic heterocycles. The van der Waals surface area contributed by atoms with Crippen LogP contribution in [0.15, 0.2) is 24.3 Å². The average molecular weight is 245 g/mol. The van der Waals surface area contributed by atoms with Crippen molar-refractivity contribution in [3.8, 4) is 5.75 Å². The third kappa shape index (κ3) is 3.14. The topological polar surface area (TPSA) is 21.3 Å². The number of fused-ring (bicyclic) bond motifs is 1. The van der Waals surface area contributed by atoms with Crippen molar-refractivity contribution in [1.29, 1.82) is 0 Å². The summed E-state index contributed by atoms with van der Waals surface area (Å²) >= 11 is 0. The molecule has 0 radical (unpaired) electrons. The van der Waals surface area contributed by atoms with Gasteiger partial charge in [0.05, 0.1) is 6.61 Å². The van der Waals surface area contributed by atoms with Crippen LogP contribution in [0.3, 0.4) is 0 Å². The largest absolute Gasteiger partial charge is 0.492 e. The van der Waals surface area contributed by atoms with Gasteiger partial charge in [0.2, 0.25) is 0 Å². The third-order valence-corrected chi connectivity index (χ3v) is 3.34. The minimum atomic E-state index is 0.831. The Kier molecular flexibility index (Phi) is 4.82. The molecule has 2 rings (SSSR count). The number of nitrogens with one attached hydrogen (secondary N) is 1. The molecule has 2 heteroatoms. The van der Waals surface area contributed by atoms with Crippen LogP contribution in [0, 0.1) is 0 Å². The van der Waals surface area contributed by atoms with E-state index < -0.39 is 0 Å². The van der Waals surface area contributed by atoms with Gasteiger partial charge in [-0.1, -0.05) is 31.2 Å². The predicted molar refractivity (Wildman–Crippen MR) is 77.1 cm³/mol. The zero-order valence-electron chi connectivity index (χ0n) is 11.5. The Labute approximate surface area is 110 Å². The van der Waals surface area contributed by atoms with Gasteiger partial charge in [-0.25, -0.2) is 0 Å². The van der Waals surface area contributed by atoms with Crippen LogP contribution in [0.1, 0.15) is 37.8 Å². The van der Waals surface area contributed by atoms with Gasteiger partial charge in [0.1, 0.15) is 5.75 Å². The maximum Gasteiger partial charge on any atom is 0.130 e. The standard InChI is InChI=1S/C16H23NO/c1-3-10-17-11-5-6-13(2)15-8-4-7-14-9-12-18-16(14)15/h4,6-8,17H,3,5,9-12H2,1-2H3/b13-6-. The molecule has 1 N–H and O–H groups in total. The van der Waals surface area contributed by atoms with Crippen LogP contribution in [0.25, 0.3) is 5.57 Å². The molecule has 0 fully saturated rings. The van der Waals surface area contributed by atoms with Gasteiger partial charge < -0.3 is 10.1 Å². The first-order valence-corrected chi connectivity index (χ1v) is 6.95. The first kappa shape index (κ1) is 13.2. The highest BCUT2D eigenvalue weighted by molar-refractivity contribution is 5.71. The highest BCUT2D eigenvalue weighted by Gasteiger charge is 2.16. The second kappa shape index (κ2) is 6.60. The molecule has 0 saturated carbocycles. The van der Waals surface area contributed by atoms with Crippen molar-refractivity contribution < 1.29 is 4.74 Å². The quantitative estimate of drug-likeness (QED) is 0.775. The summed E-state index contributed by atoms with van der Waals surface area (Å²) in [7, 11) is 0. The molecule has 0 atom stereocenters. The Morgan fingerprint density at radius 3 is 3.11 bits per heavy atom. The summed E-state index contributed by atoms with van der Waals surface area (Å²) in [6.45, 7) is 7.37. The van der Waals surface area contributed by atoms with E-state index in [1.807, 2.05) is 0 Å². The summed E-state index contributed by atoms with van der Waals surface area (Å²) in [6.07, 6.45) is 5.63. The van der Waals surface area contributed by atoms with Gasteiger partial charge in [-0.05, 0) is 44.0 Å². The van der Waals surface area contributed by atoms with Crippen molar-refractivity contribution in [2.24, 2.45) is 0 Å². The molecule has 1 aliphatic rings. The highest BCUT2D eigenvalue weighted by Crippen LogP contribution is 2.33. The van der Waals surface area contributed by atoms with Gasteiger partial charge in [-0.3, -0.25) is 0 Å². The smallest absolute Gasteiger partial charge is 0.130 e. The number of para-hydroxylation sites is 1. The van der Waals surface area contributed by atoms with E-state index >= 15 is 0 Å². The van der Waals surface area contributed by atoms with Gasteiger partial charge in [0.15, 0.2) is 0 Å². The first-order valence-electron chi connectivity index (χ1n) is 6.95. The molecule has 0 aliphatic carbocycles. The molecule has 1 aromatic carbocycles. The third-order valence-electron chi connectivity index (χ3n) is 3.34. The van der Waals surface area contributed by atoms with E-state index in [2.05, 4.69) is 43.4 Å². The van der Waals surface area contributed by atoms with E-state index in [-0.39, 0.29) is 0 Å². The van der Waals surface area contributed by atoms with E-state index in [0.717, 1.165) is 38.3 Å². The van der Waals surface area contributed by atoms with Gasteiger partial charge in [0.25, 0.3) is 0 Å². The van der Waals surface area contributed by atoms with Crippen LogP contribution in [0.2, 0.25) is 0 Å². The summed E-state index contributed by atoms with van der Waals surface area (Å²) in [5, 5.41) is 3.42. The molecule has 0 saturated heterocycles. The fourth-order valence-corrected chi connectivity index (χ4v) is 2.33. The number of benzene rings is 1. The van der Waals surface area contributed by atoms with Crippen LogP contribution in [0.5, 0.6) is 5.75 Å². The molecule has 0 spiro atoms. The molecule has 1 aromatic rings. The minimum absolute atomic E-state index is 0.831. The van der Waals surface area contributed by atoms with Gasteiger partial charge in [-0.15, -0.1) is 0 Å². The summed E-state index contributed by atoms with van der Waals surface area (Å²) in [6, 6.07) is 6.47. The van der Waals surface area contributed by atoms with Crippen LogP contribution < -0.4 is 10.1 Å². The fraction of sp³-hybridized carbons (Fsp3) is 0.500. The van der Waals surface area contributed by atoms with Crippen LogP contribution >= 0.6 is 0 Å². The van der Waals surface area contributed by atoms with Gasteiger partial charge >= 0.3 is 0 Å². The fourth-order valence-electron chi connectivity index (χ4n) is 2.33. The second-order valence-corrected chi connectivity index (χ2v) is 4.82. The SMILES string of the molecule is CCCNCC/C=C(/C)c1cccc2c1OCC2. The first-order chi connectivity index (χ1) is 8.83. The van der Waals surface area contributed by atoms with Crippen molar-refractivity contribution in [2.45, 2.75) is 33.1 Å². The summed E-state index contributed by atoms with van der Waals surface area (Å²) < 4.78 is 5.74.